The first-order chi connectivity index (χ1) is 5.75. The number of nitrogens with two attached hydrogens (primary N) is 1. The molecule has 64 valence electrons. The molecule has 0 unspecified atom stereocenters. The van der Waals surface area contributed by atoms with Gasteiger partial charge in [-0.3, -0.25) is 4.79 Å². The highest BCUT2D eigenvalue weighted by molar-refractivity contribution is 5.80. The van der Waals surface area contributed by atoms with Gasteiger partial charge < -0.3 is 10.5 Å². The standard InChI is InChI=1S/C9H11NO2/c1-12-8(9(10)11)7-5-3-2-4-6-7/h2-6,8H,1H3,(H2,10,11)/t8-/m1/s1. The smallest absolute Gasteiger partial charge is 0.251 e. The Labute approximate surface area is 71.1 Å². The summed E-state index contributed by atoms with van der Waals surface area (Å²) >= 11 is 0. The van der Waals surface area contributed by atoms with Gasteiger partial charge in [0.1, 0.15) is 0 Å². The molecule has 3 heteroatoms. The van der Waals surface area contributed by atoms with E-state index in [1.807, 2.05) is 18.2 Å². The van der Waals surface area contributed by atoms with Crippen molar-refractivity contribution in [3.05, 3.63) is 35.9 Å². The van der Waals surface area contributed by atoms with E-state index in [2.05, 4.69) is 0 Å². The molecule has 1 atom stereocenters. The second-order valence-corrected chi connectivity index (χ2v) is 2.43. The molecule has 1 amide bonds. The summed E-state index contributed by atoms with van der Waals surface area (Å²) in [6, 6.07) is 9.16. The van der Waals surface area contributed by atoms with Gasteiger partial charge in [0.15, 0.2) is 6.10 Å². The van der Waals surface area contributed by atoms with Crippen LogP contribution in [0.3, 0.4) is 0 Å². The molecule has 0 radical (unpaired) electrons. The predicted octanol–water partition coefficient (Wildman–Crippen LogP) is 0.859. The minimum atomic E-state index is -0.633. The third-order valence-electron chi connectivity index (χ3n) is 1.60. The largest absolute Gasteiger partial charge is 0.367 e. The van der Waals surface area contributed by atoms with Crippen molar-refractivity contribution < 1.29 is 9.53 Å². The quantitative estimate of drug-likeness (QED) is 0.722. The fourth-order valence-corrected chi connectivity index (χ4v) is 1.04. The van der Waals surface area contributed by atoms with E-state index >= 15 is 0 Å². The molecule has 0 heterocycles. The summed E-state index contributed by atoms with van der Waals surface area (Å²) < 4.78 is 4.92. The SMILES string of the molecule is CO[C@@H](C(N)=O)c1ccccc1. The van der Waals surface area contributed by atoms with Gasteiger partial charge >= 0.3 is 0 Å². The third-order valence-corrected chi connectivity index (χ3v) is 1.60. The molecule has 1 aromatic rings. The second-order valence-electron chi connectivity index (χ2n) is 2.43. The number of carbonyl (C=O) groups excluding carboxylic acids is 1. The Morgan fingerprint density at radius 3 is 2.42 bits per heavy atom. The van der Waals surface area contributed by atoms with Gasteiger partial charge in [-0.05, 0) is 5.56 Å². The molecular formula is C9H11NO2. The van der Waals surface area contributed by atoms with Crippen LogP contribution in [0.1, 0.15) is 11.7 Å². The number of rotatable bonds is 3. The number of primary amides is 1. The van der Waals surface area contributed by atoms with Gasteiger partial charge in [0.05, 0.1) is 0 Å². The lowest BCUT2D eigenvalue weighted by Crippen LogP contribution is -2.22. The van der Waals surface area contributed by atoms with Gasteiger partial charge in [-0.15, -0.1) is 0 Å². The molecule has 0 aliphatic heterocycles. The maximum Gasteiger partial charge on any atom is 0.251 e. The van der Waals surface area contributed by atoms with Crippen LogP contribution in [0, 0.1) is 0 Å². The first-order valence-corrected chi connectivity index (χ1v) is 3.62. The summed E-state index contributed by atoms with van der Waals surface area (Å²) in [7, 11) is 1.46. The Morgan fingerprint density at radius 1 is 1.42 bits per heavy atom. The molecule has 0 aliphatic rings. The molecular weight excluding hydrogens is 154 g/mol. The van der Waals surface area contributed by atoms with Gasteiger partial charge in [0.25, 0.3) is 5.91 Å². The second kappa shape index (κ2) is 3.88. The molecule has 0 saturated carbocycles. The van der Waals surface area contributed by atoms with E-state index in [1.165, 1.54) is 7.11 Å². The molecule has 3 nitrogen and oxygen atoms in total. The van der Waals surface area contributed by atoms with Gasteiger partial charge in [-0.2, -0.15) is 0 Å². The van der Waals surface area contributed by atoms with Crippen LogP contribution in [-0.2, 0) is 9.53 Å². The van der Waals surface area contributed by atoms with E-state index < -0.39 is 12.0 Å². The Bertz CT molecular complexity index is 258. The van der Waals surface area contributed by atoms with E-state index in [1.54, 1.807) is 12.1 Å². The van der Waals surface area contributed by atoms with E-state index in [4.69, 9.17) is 10.5 Å². The van der Waals surface area contributed by atoms with Gasteiger partial charge in [0.2, 0.25) is 0 Å². The summed E-state index contributed by atoms with van der Waals surface area (Å²) in [6.45, 7) is 0. The highest BCUT2D eigenvalue weighted by Crippen LogP contribution is 2.14. The van der Waals surface area contributed by atoms with Gasteiger partial charge in [-0.1, -0.05) is 30.3 Å². The Morgan fingerprint density at radius 2 is 2.00 bits per heavy atom. The average Bonchev–Trinajstić information content (AvgIpc) is 2.07. The summed E-state index contributed by atoms with van der Waals surface area (Å²) in [4.78, 5) is 10.8. The zero-order chi connectivity index (χ0) is 8.97. The molecule has 0 spiro atoms. The topological polar surface area (TPSA) is 52.3 Å². The lowest BCUT2D eigenvalue weighted by Gasteiger charge is -2.10. The summed E-state index contributed by atoms with van der Waals surface area (Å²) in [5, 5.41) is 0. The highest BCUT2D eigenvalue weighted by atomic mass is 16.5. The van der Waals surface area contributed by atoms with E-state index in [-0.39, 0.29) is 0 Å². The number of ether oxygens (including phenoxy) is 1. The minimum absolute atomic E-state index is 0.469. The molecule has 1 aromatic carbocycles. The number of carbonyl (C=O) groups is 1. The van der Waals surface area contributed by atoms with E-state index in [0.29, 0.717) is 0 Å². The zero-order valence-corrected chi connectivity index (χ0v) is 6.86. The lowest BCUT2D eigenvalue weighted by atomic mass is 10.1. The predicted molar refractivity (Wildman–Crippen MR) is 45.4 cm³/mol. The minimum Gasteiger partial charge on any atom is -0.367 e. The van der Waals surface area contributed by atoms with Crippen molar-refractivity contribution >= 4 is 5.91 Å². The van der Waals surface area contributed by atoms with Crippen LogP contribution >= 0.6 is 0 Å². The first kappa shape index (κ1) is 8.74. The van der Waals surface area contributed by atoms with Crippen LogP contribution in [0.15, 0.2) is 30.3 Å². The number of hydrogen-bond acceptors (Lipinski definition) is 2. The van der Waals surface area contributed by atoms with Crippen LogP contribution in [-0.4, -0.2) is 13.0 Å². The van der Waals surface area contributed by atoms with Crippen LogP contribution < -0.4 is 5.73 Å². The molecule has 0 aromatic heterocycles. The number of amides is 1. The van der Waals surface area contributed by atoms with E-state index in [0.717, 1.165) is 5.56 Å². The number of hydrogen-bond donors (Lipinski definition) is 1. The van der Waals surface area contributed by atoms with Crippen LogP contribution in [0.4, 0.5) is 0 Å². The van der Waals surface area contributed by atoms with Crippen molar-refractivity contribution in [3.8, 4) is 0 Å². The van der Waals surface area contributed by atoms with Crippen LogP contribution in [0.25, 0.3) is 0 Å². The first-order valence-electron chi connectivity index (χ1n) is 3.62. The maximum absolute atomic E-state index is 10.8. The van der Waals surface area contributed by atoms with Crippen molar-refractivity contribution in [1.82, 2.24) is 0 Å². The van der Waals surface area contributed by atoms with Gasteiger partial charge in [-0.25, -0.2) is 0 Å². The normalized spacial score (nSPS) is 12.4. The summed E-state index contributed by atoms with van der Waals surface area (Å²) in [6.07, 6.45) is -0.633. The van der Waals surface area contributed by atoms with Crippen molar-refractivity contribution in [2.75, 3.05) is 7.11 Å². The Hall–Kier alpha value is -1.35. The van der Waals surface area contributed by atoms with Crippen LogP contribution in [0.5, 0.6) is 0 Å². The molecule has 0 saturated heterocycles. The summed E-state index contributed by atoms with van der Waals surface area (Å²) in [5.41, 5.74) is 5.90. The average molecular weight is 165 g/mol. The van der Waals surface area contributed by atoms with Crippen LogP contribution in [0.2, 0.25) is 0 Å². The zero-order valence-electron chi connectivity index (χ0n) is 6.86. The monoisotopic (exact) mass is 165 g/mol. The molecule has 0 aliphatic carbocycles. The molecule has 0 bridgehead atoms. The summed E-state index contributed by atoms with van der Waals surface area (Å²) in [5.74, 6) is -0.469. The lowest BCUT2D eigenvalue weighted by molar-refractivity contribution is -0.128. The maximum atomic E-state index is 10.8. The van der Waals surface area contributed by atoms with Gasteiger partial charge in [0, 0.05) is 7.11 Å². The van der Waals surface area contributed by atoms with E-state index in [9.17, 15) is 4.79 Å². The fraction of sp³-hybridized carbons (Fsp3) is 0.222. The fourth-order valence-electron chi connectivity index (χ4n) is 1.04. The molecule has 12 heavy (non-hydrogen) atoms. The number of benzene rings is 1. The van der Waals surface area contributed by atoms with Crippen molar-refractivity contribution in [2.24, 2.45) is 5.73 Å². The molecule has 0 fully saturated rings. The Balaban J connectivity index is 2.88. The van der Waals surface area contributed by atoms with Crippen molar-refractivity contribution in [3.63, 3.8) is 0 Å². The number of methoxy groups -OCH3 is 1. The van der Waals surface area contributed by atoms with Crippen molar-refractivity contribution in [1.29, 1.82) is 0 Å². The molecule has 1 rings (SSSR count). The molecule has 2 N–H and O–H groups in total. The third kappa shape index (κ3) is 1.83. The highest BCUT2D eigenvalue weighted by Gasteiger charge is 2.15. The Kier molecular flexibility index (Phi) is 2.82. The van der Waals surface area contributed by atoms with Crippen molar-refractivity contribution in [2.45, 2.75) is 6.10 Å².